The van der Waals surface area contributed by atoms with Gasteiger partial charge in [0.2, 0.25) is 11.7 Å². The van der Waals surface area contributed by atoms with Crippen molar-refractivity contribution in [3.63, 3.8) is 0 Å². The van der Waals surface area contributed by atoms with Gasteiger partial charge in [-0.3, -0.25) is 10.1 Å². The average molecular weight is 247 g/mol. The smallest absolute Gasteiger partial charge is 0.315 e. The standard InChI is InChI=1S/C12H10FN3O2/c13-9-5-3-7(4-6-9)10-14-12(18-16-10)15-11(17)8-1-2-8/h3-6,8H,1-2H2,(H,14,15,16,17). The summed E-state index contributed by atoms with van der Waals surface area (Å²) >= 11 is 0. The molecule has 1 saturated carbocycles. The average Bonchev–Trinajstić information content (AvgIpc) is 3.12. The fourth-order valence-corrected chi connectivity index (χ4v) is 1.54. The number of benzene rings is 1. The van der Waals surface area contributed by atoms with Crippen LogP contribution in [0.5, 0.6) is 0 Å². The summed E-state index contributed by atoms with van der Waals surface area (Å²) < 4.78 is 17.7. The lowest BCUT2D eigenvalue weighted by atomic mass is 10.2. The van der Waals surface area contributed by atoms with Crippen molar-refractivity contribution in [3.8, 4) is 11.4 Å². The minimum absolute atomic E-state index is 0.0752. The zero-order valence-electron chi connectivity index (χ0n) is 9.39. The van der Waals surface area contributed by atoms with E-state index in [2.05, 4.69) is 15.5 Å². The molecule has 2 aromatic rings. The number of rotatable bonds is 3. The van der Waals surface area contributed by atoms with E-state index in [-0.39, 0.29) is 23.7 Å². The molecule has 1 amide bonds. The summed E-state index contributed by atoms with van der Waals surface area (Å²) in [4.78, 5) is 15.5. The van der Waals surface area contributed by atoms with Crippen molar-refractivity contribution in [2.75, 3.05) is 5.32 Å². The molecule has 1 heterocycles. The van der Waals surface area contributed by atoms with Crippen molar-refractivity contribution in [1.29, 1.82) is 0 Å². The molecule has 3 rings (SSSR count). The number of nitrogens with zero attached hydrogens (tertiary/aromatic N) is 2. The van der Waals surface area contributed by atoms with Gasteiger partial charge >= 0.3 is 6.01 Å². The molecule has 1 N–H and O–H groups in total. The molecule has 0 atom stereocenters. The summed E-state index contributed by atoms with van der Waals surface area (Å²) in [5.41, 5.74) is 0.632. The predicted octanol–water partition coefficient (Wildman–Crippen LogP) is 2.22. The number of hydrogen-bond acceptors (Lipinski definition) is 4. The number of halogens is 1. The van der Waals surface area contributed by atoms with Crippen molar-refractivity contribution >= 4 is 11.9 Å². The number of amides is 1. The molecule has 0 radical (unpaired) electrons. The molecular weight excluding hydrogens is 237 g/mol. The SMILES string of the molecule is O=C(Nc1nc(-c2ccc(F)cc2)no1)C1CC1. The van der Waals surface area contributed by atoms with Gasteiger partial charge in [0.1, 0.15) is 5.82 Å². The van der Waals surface area contributed by atoms with E-state index in [4.69, 9.17) is 4.52 Å². The van der Waals surface area contributed by atoms with E-state index in [0.29, 0.717) is 11.4 Å². The molecule has 1 aliphatic rings. The van der Waals surface area contributed by atoms with Crippen molar-refractivity contribution in [3.05, 3.63) is 30.1 Å². The third-order valence-corrected chi connectivity index (χ3v) is 2.71. The number of nitrogens with one attached hydrogen (secondary N) is 1. The first-order valence-electron chi connectivity index (χ1n) is 5.63. The Hall–Kier alpha value is -2.24. The van der Waals surface area contributed by atoms with Gasteiger partial charge in [0.15, 0.2) is 0 Å². The van der Waals surface area contributed by atoms with Crippen molar-refractivity contribution in [2.24, 2.45) is 5.92 Å². The van der Waals surface area contributed by atoms with E-state index in [1.54, 1.807) is 12.1 Å². The lowest BCUT2D eigenvalue weighted by Gasteiger charge is -1.95. The van der Waals surface area contributed by atoms with Crippen LogP contribution in [0, 0.1) is 11.7 Å². The summed E-state index contributed by atoms with van der Waals surface area (Å²) in [7, 11) is 0. The first kappa shape index (κ1) is 10.9. The lowest BCUT2D eigenvalue weighted by Crippen LogP contribution is -2.13. The summed E-state index contributed by atoms with van der Waals surface area (Å²) in [5, 5.41) is 6.28. The second-order valence-electron chi connectivity index (χ2n) is 4.19. The third-order valence-electron chi connectivity index (χ3n) is 2.71. The first-order valence-corrected chi connectivity index (χ1v) is 5.63. The number of carbonyl (C=O) groups excluding carboxylic acids is 1. The molecule has 5 nitrogen and oxygen atoms in total. The van der Waals surface area contributed by atoms with Gasteiger partial charge in [0.05, 0.1) is 0 Å². The molecule has 0 aliphatic heterocycles. The van der Waals surface area contributed by atoms with Crippen LogP contribution in [0.1, 0.15) is 12.8 Å². The highest BCUT2D eigenvalue weighted by atomic mass is 19.1. The normalized spacial score (nSPS) is 14.5. The number of hydrogen-bond donors (Lipinski definition) is 1. The Kier molecular flexibility index (Phi) is 2.55. The Balaban J connectivity index is 1.76. The highest BCUT2D eigenvalue weighted by molar-refractivity contribution is 5.92. The minimum atomic E-state index is -0.329. The Morgan fingerprint density at radius 3 is 2.72 bits per heavy atom. The van der Waals surface area contributed by atoms with Crippen LogP contribution in [-0.4, -0.2) is 16.0 Å². The molecule has 92 valence electrons. The van der Waals surface area contributed by atoms with Gasteiger partial charge in [-0.25, -0.2) is 4.39 Å². The van der Waals surface area contributed by atoms with Crippen molar-refractivity contribution in [1.82, 2.24) is 10.1 Å². The van der Waals surface area contributed by atoms with Crippen LogP contribution in [-0.2, 0) is 4.79 Å². The predicted molar refractivity (Wildman–Crippen MR) is 61.0 cm³/mol. The van der Waals surface area contributed by atoms with E-state index in [1.807, 2.05) is 0 Å². The highest BCUT2D eigenvalue weighted by Gasteiger charge is 2.30. The van der Waals surface area contributed by atoms with E-state index in [1.165, 1.54) is 12.1 Å². The van der Waals surface area contributed by atoms with Crippen LogP contribution < -0.4 is 5.32 Å². The maximum Gasteiger partial charge on any atom is 0.328 e. The van der Waals surface area contributed by atoms with Gasteiger partial charge in [0, 0.05) is 11.5 Å². The minimum Gasteiger partial charge on any atom is -0.315 e. The number of aromatic nitrogens is 2. The van der Waals surface area contributed by atoms with Crippen LogP contribution in [0.15, 0.2) is 28.8 Å². The summed E-state index contributed by atoms with van der Waals surface area (Å²) in [6.07, 6.45) is 1.82. The van der Waals surface area contributed by atoms with Crippen molar-refractivity contribution < 1.29 is 13.7 Å². The first-order chi connectivity index (χ1) is 8.72. The fourth-order valence-electron chi connectivity index (χ4n) is 1.54. The maximum atomic E-state index is 12.8. The molecule has 0 spiro atoms. The van der Waals surface area contributed by atoms with E-state index >= 15 is 0 Å². The lowest BCUT2D eigenvalue weighted by molar-refractivity contribution is -0.117. The van der Waals surface area contributed by atoms with Gasteiger partial charge in [-0.1, -0.05) is 5.16 Å². The van der Waals surface area contributed by atoms with E-state index in [0.717, 1.165) is 12.8 Å². The Bertz CT molecular complexity index is 575. The van der Waals surface area contributed by atoms with Crippen LogP contribution in [0.4, 0.5) is 10.4 Å². The quantitative estimate of drug-likeness (QED) is 0.903. The van der Waals surface area contributed by atoms with Gasteiger partial charge in [-0.15, -0.1) is 0 Å². The molecule has 1 aliphatic carbocycles. The molecule has 0 bridgehead atoms. The molecule has 0 saturated heterocycles. The zero-order chi connectivity index (χ0) is 12.5. The molecule has 6 heteroatoms. The Morgan fingerprint density at radius 2 is 2.06 bits per heavy atom. The van der Waals surface area contributed by atoms with E-state index < -0.39 is 0 Å². The van der Waals surface area contributed by atoms with Crippen LogP contribution >= 0.6 is 0 Å². The van der Waals surface area contributed by atoms with Gasteiger partial charge in [-0.2, -0.15) is 4.98 Å². The second-order valence-corrected chi connectivity index (χ2v) is 4.19. The summed E-state index contributed by atoms with van der Waals surface area (Å²) in [6.45, 7) is 0. The molecule has 1 aromatic heterocycles. The summed E-state index contributed by atoms with van der Waals surface area (Å²) in [6, 6.07) is 5.80. The Labute approximate surface area is 102 Å². The largest absolute Gasteiger partial charge is 0.328 e. The van der Waals surface area contributed by atoms with Gasteiger partial charge in [-0.05, 0) is 37.1 Å². The summed E-state index contributed by atoms with van der Waals surface area (Å²) in [5.74, 6) is -0.0268. The fraction of sp³-hybridized carbons (Fsp3) is 0.250. The molecule has 0 unspecified atom stereocenters. The molecule has 1 aromatic carbocycles. The van der Waals surface area contributed by atoms with Crippen LogP contribution in [0.25, 0.3) is 11.4 Å². The van der Waals surface area contributed by atoms with Crippen LogP contribution in [0.2, 0.25) is 0 Å². The molecule has 18 heavy (non-hydrogen) atoms. The van der Waals surface area contributed by atoms with E-state index in [9.17, 15) is 9.18 Å². The highest BCUT2D eigenvalue weighted by Crippen LogP contribution is 2.30. The second kappa shape index (κ2) is 4.21. The topological polar surface area (TPSA) is 68.0 Å². The maximum absolute atomic E-state index is 12.8. The Morgan fingerprint density at radius 1 is 1.33 bits per heavy atom. The zero-order valence-corrected chi connectivity index (χ0v) is 9.39. The molecular formula is C12H10FN3O2. The van der Waals surface area contributed by atoms with Crippen LogP contribution in [0.3, 0.4) is 0 Å². The van der Waals surface area contributed by atoms with Crippen molar-refractivity contribution in [2.45, 2.75) is 12.8 Å². The molecule has 1 fully saturated rings. The number of carbonyl (C=O) groups is 1. The third kappa shape index (κ3) is 2.22. The van der Waals surface area contributed by atoms with Gasteiger partial charge in [0.25, 0.3) is 0 Å². The van der Waals surface area contributed by atoms with Gasteiger partial charge < -0.3 is 4.52 Å². The number of anilines is 1. The monoisotopic (exact) mass is 247 g/mol.